The van der Waals surface area contributed by atoms with Gasteiger partial charge >= 0.3 is 5.97 Å². The summed E-state index contributed by atoms with van der Waals surface area (Å²) in [6.45, 7) is 1.30. The van der Waals surface area contributed by atoms with Crippen molar-refractivity contribution in [1.82, 2.24) is 4.72 Å². The molecule has 0 aliphatic carbocycles. The van der Waals surface area contributed by atoms with Crippen LogP contribution in [0.15, 0.2) is 23.1 Å². The van der Waals surface area contributed by atoms with Crippen molar-refractivity contribution in [3.05, 3.63) is 23.8 Å². The zero-order valence-electron chi connectivity index (χ0n) is 10.6. The second kappa shape index (κ2) is 6.00. The monoisotopic (exact) mass is 288 g/mol. The van der Waals surface area contributed by atoms with Crippen LogP contribution in [0.5, 0.6) is 0 Å². The maximum Gasteiger partial charge on any atom is 0.336 e. The minimum atomic E-state index is -3.89. The van der Waals surface area contributed by atoms with Crippen molar-refractivity contribution >= 4 is 21.7 Å². The Labute approximate surface area is 111 Å². The van der Waals surface area contributed by atoms with E-state index < -0.39 is 28.6 Å². The summed E-state index contributed by atoms with van der Waals surface area (Å²) in [6, 6.07) is 4.48. The number of esters is 1. The van der Waals surface area contributed by atoms with Gasteiger partial charge < -0.3 is 15.6 Å². The molecule has 0 aromatic heterocycles. The highest BCUT2D eigenvalue weighted by molar-refractivity contribution is 7.89. The molecule has 0 saturated heterocycles. The molecule has 0 fully saturated rings. The van der Waals surface area contributed by atoms with Crippen LogP contribution in [0.1, 0.15) is 5.56 Å². The molecule has 0 spiro atoms. The number of rotatable bonds is 5. The lowest BCUT2D eigenvalue weighted by molar-refractivity contribution is -0.149. The quantitative estimate of drug-likeness (QED) is 0.491. The second-order valence-electron chi connectivity index (χ2n) is 3.93. The van der Waals surface area contributed by atoms with E-state index in [0.29, 0.717) is 0 Å². The molecule has 8 heteroatoms. The zero-order valence-corrected chi connectivity index (χ0v) is 11.4. The first-order valence-electron chi connectivity index (χ1n) is 5.39. The standard InChI is InChI=1S/C11H16N2O5S/c1-7-3-4-10(8(12)5-7)19(16,17)13-6-9(14)11(15)18-2/h3-5,9,13-14H,6,12H2,1-2H3. The number of nitrogen functional groups attached to an aromatic ring is 1. The largest absolute Gasteiger partial charge is 0.467 e. The topological polar surface area (TPSA) is 119 Å². The maximum atomic E-state index is 11.9. The Hall–Kier alpha value is -1.64. The van der Waals surface area contributed by atoms with Gasteiger partial charge in [-0.3, -0.25) is 0 Å². The highest BCUT2D eigenvalue weighted by Gasteiger charge is 2.22. The molecule has 0 amide bonds. The first-order valence-corrected chi connectivity index (χ1v) is 6.88. The number of anilines is 1. The van der Waals surface area contributed by atoms with E-state index in [1.165, 1.54) is 12.1 Å². The summed E-state index contributed by atoms with van der Waals surface area (Å²) in [4.78, 5) is 10.8. The van der Waals surface area contributed by atoms with Crippen LogP contribution in [0.4, 0.5) is 5.69 Å². The van der Waals surface area contributed by atoms with Gasteiger partial charge in [0.15, 0.2) is 6.10 Å². The summed E-state index contributed by atoms with van der Waals surface area (Å²) in [5.74, 6) is -0.917. The lowest BCUT2D eigenvalue weighted by Crippen LogP contribution is -2.37. The van der Waals surface area contributed by atoms with E-state index in [4.69, 9.17) is 5.73 Å². The molecule has 7 nitrogen and oxygen atoms in total. The smallest absolute Gasteiger partial charge is 0.336 e. The fraction of sp³-hybridized carbons (Fsp3) is 0.364. The number of methoxy groups -OCH3 is 1. The molecule has 1 rings (SSSR count). The SMILES string of the molecule is COC(=O)C(O)CNS(=O)(=O)c1ccc(C)cc1N. The van der Waals surface area contributed by atoms with Gasteiger partial charge in [-0.1, -0.05) is 6.07 Å². The molecule has 0 aliphatic rings. The summed E-state index contributed by atoms with van der Waals surface area (Å²) in [6.07, 6.45) is -1.56. The Morgan fingerprint density at radius 2 is 2.16 bits per heavy atom. The van der Waals surface area contributed by atoms with Gasteiger partial charge in [0.1, 0.15) is 4.90 Å². The molecule has 0 radical (unpaired) electrons. The first kappa shape index (κ1) is 15.4. The van der Waals surface area contributed by atoms with Gasteiger partial charge in [-0.05, 0) is 24.6 Å². The molecule has 4 N–H and O–H groups in total. The average molecular weight is 288 g/mol. The van der Waals surface area contributed by atoms with Gasteiger partial charge in [0.2, 0.25) is 10.0 Å². The van der Waals surface area contributed by atoms with E-state index in [9.17, 15) is 18.3 Å². The van der Waals surface area contributed by atoms with E-state index >= 15 is 0 Å². The lowest BCUT2D eigenvalue weighted by Gasteiger charge is -2.12. The van der Waals surface area contributed by atoms with Crippen LogP contribution in [0, 0.1) is 6.92 Å². The normalized spacial score (nSPS) is 13.0. The number of aryl methyl sites for hydroxylation is 1. The Balaban J connectivity index is 2.85. The van der Waals surface area contributed by atoms with Gasteiger partial charge in [0.05, 0.1) is 12.8 Å². The number of hydrogen-bond donors (Lipinski definition) is 3. The van der Waals surface area contributed by atoms with E-state index in [1.54, 1.807) is 13.0 Å². The molecule has 0 bridgehead atoms. The third-order valence-electron chi connectivity index (χ3n) is 2.39. The Morgan fingerprint density at radius 1 is 1.53 bits per heavy atom. The number of benzene rings is 1. The van der Waals surface area contributed by atoms with Crippen molar-refractivity contribution in [3.8, 4) is 0 Å². The van der Waals surface area contributed by atoms with E-state index in [1.807, 2.05) is 0 Å². The third-order valence-corrected chi connectivity index (χ3v) is 3.89. The summed E-state index contributed by atoms with van der Waals surface area (Å²) in [7, 11) is -2.79. The fourth-order valence-corrected chi connectivity index (χ4v) is 2.55. The number of sulfonamides is 1. The summed E-state index contributed by atoms with van der Waals surface area (Å²) >= 11 is 0. The Morgan fingerprint density at radius 3 is 2.68 bits per heavy atom. The molecule has 1 aromatic rings. The number of aliphatic hydroxyl groups is 1. The van der Waals surface area contributed by atoms with E-state index in [-0.39, 0.29) is 10.6 Å². The van der Waals surface area contributed by atoms with Crippen molar-refractivity contribution in [2.45, 2.75) is 17.9 Å². The van der Waals surface area contributed by atoms with Gasteiger partial charge in [-0.25, -0.2) is 17.9 Å². The number of ether oxygens (including phenoxy) is 1. The molecule has 1 atom stereocenters. The zero-order chi connectivity index (χ0) is 14.6. The lowest BCUT2D eigenvalue weighted by atomic mass is 10.2. The predicted molar refractivity (Wildman–Crippen MR) is 68.8 cm³/mol. The molecule has 19 heavy (non-hydrogen) atoms. The summed E-state index contributed by atoms with van der Waals surface area (Å²) in [5, 5.41) is 9.31. The Bertz CT molecular complexity index is 570. The molecule has 0 heterocycles. The minimum absolute atomic E-state index is 0.0973. The van der Waals surface area contributed by atoms with Gasteiger partial charge in [-0.2, -0.15) is 0 Å². The van der Waals surface area contributed by atoms with E-state index in [0.717, 1.165) is 12.7 Å². The first-order chi connectivity index (χ1) is 8.77. The second-order valence-corrected chi connectivity index (χ2v) is 5.67. The Kier molecular flexibility index (Phi) is 4.87. The molecule has 106 valence electrons. The number of nitrogens with one attached hydrogen (secondary N) is 1. The van der Waals surface area contributed by atoms with Crippen LogP contribution in [0.3, 0.4) is 0 Å². The van der Waals surface area contributed by atoms with Crippen molar-refractivity contribution in [2.75, 3.05) is 19.4 Å². The van der Waals surface area contributed by atoms with Crippen LogP contribution in [0.25, 0.3) is 0 Å². The highest BCUT2D eigenvalue weighted by atomic mass is 32.2. The summed E-state index contributed by atoms with van der Waals surface area (Å²) < 4.78 is 30.2. The highest BCUT2D eigenvalue weighted by Crippen LogP contribution is 2.19. The molecular weight excluding hydrogens is 272 g/mol. The van der Waals surface area contributed by atoms with Crippen LogP contribution >= 0.6 is 0 Å². The average Bonchev–Trinajstić information content (AvgIpc) is 2.34. The van der Waals surface area contributed by atoms with Gasteiger partial charge in [-0.15, -0.1) is 0 Å². The predicted octanol–water partition coefficient (Wildman–Crippen LogP) is -0.611. The molecule has 1 aromatic carbocycles. The van der Waals surface area contributed by atoms with Crippen LogP contribution < -0.4 is 10.5 Å². The van der Waals surface area contributed by atoms with Crippen LogP contribution in [-0.2, 0) is 19.6 Å². The molecular formula is C11H16N2O5S. The number of aliphatic hydroxyl groups excluding tert-OH is 1. The van der Waals surface area contributed by atoms with Crippen molar-refractivity contribution in [1.29, 1.82) is 0 Å². The van der Waals surface area contributed by atoms with Crippen LogP contribution in [0.2, 0.25) is 0 Å². The molecule has 0 saturated carbocycles. The third kappa shape index (κ3) is 3.91. The van der Waals surface area contributed by atoms with Crippen LogP contribution in [-0.4, -0.2) is 39.3 Å². The maximum absolute atomic E-state index is 11.9. The number of carbonyl (C=O) groups is 1. The number of carbonyl (C=O) groups excluding carboxylic acids is 1. The van der Waals surface area contributed by atoms with Crippen molar-refractivity contribution in [2.24, 2.45) is 0 Å². The summed E-state index contributed by atoms with van der Waals surface area (Å²) in [5.41, 5.74) is 6.55. The number of hydrogen-bond acceptors (Lipinski definition) is 6. The minimum Gasteiger partial charge on any atom is -0.467 e. The van der Waals surface area contributed by atoms with Crippen molar-refractivity contribution < 1.29 is 23.1 Å². The van der Waals surface area contributed by atoms with Gasteiger partial charge in [0.25, 0.3) is 0 Å². The molecule has 1 unspecified atom stereocenters. The number of nitrogens with two attached hydrogens (primary N) is 1. The van der Waals surface area contributed by atoms with Crippen molar-refractivity contribution in [3.63, 3.8) is 0 Å². The van der Waals surface area contributed by atoms with Gasteiger partial charge in [0, 0.05) is 6.54 Å². The fourth-order valence-electron chi connectivity index (χ4n) is 1.40. The van der Waals surface area contributed by atoms with E-state index in [2.05, 4.69) is 9.46 Å². The molecule has 0 aliphatic heterocycles.